The summed E-state index contributed by atoms with van der Waals surface area (Å²) in [6, 6.07) is 0. The van der Waals surface area contributed by atoms with Gasteiger partial charge in [-0.3, -0.25) is 0 Å². The highest BCUT2D eigenvalue weighted by atomic mass is 16.7. The molecular weight excluding hydrogens is 216 g/mol. The molecule has 0 aromatic heterocycles. The van der Waals surface area contributed by atoms with Gasteiger partial charge in [-0.05, 0) is 44.9 Å². The zero-order valence-corrected chi connectivity index (χ0v) is 11.6. The molecule has 1 unspecified atom stereocenters. The summed E-state index contributed by atoms with van der Waals surface area (Å²) in [5, 5.41) is 0. The molecule has 0 aromatic rings. The van der Waals surface area contributed by atoms with E-state index in [-0.39, 0.29) is 11.7 Å². The van der Waals surface area contributed by atoms with Crippen LogP contribution >= 0.6 is 0 Å². The van der Waals surface area contributed by atoms with Crippen LogP contribution in [-0.2, 0) is 9.47 Å². The predicted octanol–water partition coefficient (Wildman–Crippen LogP) is 4.30. The molecule has 1 saturated carbocycles. The second-order valence-corrected chi connectivity index (χ2v) is 5.67. The minimum absolute atomic E-state index is 0.0327. The second-order valence-electron chi connectivity index (χ2n) is 5.67. The lowest BCUT2D eigenvalue weighted by atomic mass is 9.86. The highest BCUT2D eigenvalue weighted by molar-refractivity contribution is 5.60. The smallest absolute Gasteiger partial charge is 0.431 e. The van der Waals surface area contributed by atoms with Crippen LogP contribution in [0.1, 0.15) is 66.2 Å². The lowest BCUT2D eigenvalue weighted by Crippen LogP contribution is -2.36. The molecule has 3 heteroatoms. The number of rotatable bonds is 4. The molecule has 1 aliphatic carbocycles. The van der Waals surface area contributed by atoms with Crippen molar-refractivity contribution >= 4 is 6.16 Å². The first-order valence-corrected chi connectivity index (χ1v) is 6.86. The van der Waals surface area contributed by atoms with Crippen molar-refractivity contribution in [2.24, 2.45) is 5.92 Å². The SMILES string of the molecule is CCC(OC(=O)OC1(C)CCCCC1)C(C)C. The van der Waals surface area contributed by atoms with Gasteiger partial charge < -0.3 is 9.47 Å². The lowest BCUT2D eigenvalue weighted by molar-refractivity contribution is -0.0642. The minimum atomic E-state index is -0.491. The van der Waals surface area contributed by atoms with Crippen molar-refractivity contribution in [3.8, 4) is 0 Å². The fourth-order valence-corrected chi connectivity index (χ4v) is 2.44. The van der Waals surface area contributed by atoms with Crippen LogP contribution in [-0.4, -0.2) is 17.9 Å². The van der Waals surface area contributed by atoms with Crippen LogP contribution in [0.15, 0.2) is 0 Å². The highest BCUT2D eigenvalue weighted by Gasteiger charge is 2.32. The maximum Gasteiger partial charge on any atom is 0.509 e. The number of ether oxygens (including phenoxy) is 2. The quantitative estimate of drug-likeness (QED) is 0.690. The average Bonchev–Trinajstić information content (AvgIpc) is 2.25. The minimum Gasteiger partial charge on any atom is -0.431 e. The molecule has 3 nitrogen and oxygen atoms in total. The Bertz CT molecular complexity index is 242. The Balaban J connectivity index is 2.42. The van der Waals surface area contributed by atoms with E-state index >= 15 is 0 Å². The summed E-state index contributed by atoms with van der Waals surface area (Å²) < 4.78 is 10.9. The van der Waals surface area contributed by atoms with E-state index in [0.29, 0.717) is 5.92 Å². The summed E-state index contributed by atoms with van der Waals surface area (Å²) in [5.41, 5.74) is -0.301. The van der Waals surface area contributed by atoms with Gasteiger partial charge in [0.2, 0.25) is 0 Å². The molecule has 0 radical (unpaired) electrons. The summed E-state index contributed by atoms with van der Waals surface area (Å²) >= 11 is 0. The largest absolute Gasteiger partial charge is 0.509 e. The van der Waals surface area contributed by atoms with E-state index in [9.17, 15) is 4.79 Å². The van der Waals surface area contributed by atoms with Gasteiger partial charge in [0.1, 0.15) is 11.7 Å². The third-order valence-corrected chi connectivity index (χ3v) is 3.63. The Morgan fingerprint density at radius 3 is 2.29 bits per heavy atom. The lowest BCUT2D eigenvalue weighted by Gasteiger charge is -2.33. The Kier molecular flexibility index (Phi) is 5.29. The standard InChI is InChI=1S/C14H26O3/c1-5-12(11(2)3)16-13(15)17-14(4)9-7-6-8-10-14/h11-12H,5-10H2,1-4H3. The first-order valence-electron chi connectivity index (χ1n) is 6.86. The Morgan fingerprint density at radius 1 is 1.24 bits per heavy atom. The molecule has 0 aliphatic heterocycles. The van der Waals surface area contributed by atoms with Crippen LogP contribution in [0.5, 0.6) is 0 Å². The van der Waals surface area contributed by atoms with Crippen LogP contribution in [0.2, 0.25) is 0 Å². The molecule has 0 bridgehead atoms. The average molecular weight is 242 g/mol. The van der Waals surface area contributed by atoms with Gasteiger partial charge in [0, 0.05) is 0 Å². The summed E-state index contributed by atoms with van der Waals surface area (Å²) in [5.74, 6) is 0.340. The summed E-state index contributed by atoms with van der Waals surface area (Å²) in [4.78, 5) is 11.7. The first kappa shape index (κ1) is 14.3. The summed E-state index contributed by atoms with van der Waals surface area (Å²) in [6.07, 6.45) is 5.77. The molecule has 0 saturated heterocycles. The topological polar surface area (TPSA) is 35.5 Å². The molecule has 1 atom stereocenters. The summed E-state index contributed by atoms with van der Waals surface area (Å²) in [6.45, 7) is 8.16. The van der Waals surface area contributed by atoms with Gasteiger partial charge in [-0.15, -0.1) is 0 Å². The van der Waals surface area contributed by atoms with Crippen molar-refractivity contribution in [2.75, 3.05) is 0 Å². The van der Waals surface area contributed by atoms with Crippen LogP contribution in [0, 0.1) is 5.92 Å². The van der Waals surface area contributed by atoms with Crippen molar-refractivity contribution in [3.63, 3.8) is 0 Å². The molecule has 1 fully saturated rings. The molecule has 0 amide bonds. The van der Waals surface area contributed by atoms with Crippen LogP contribution in [0.4, 0.5) is 4.79 Å². The van der Waals surface area contributed by atoms with Crippen molar-refractivity contribution in [1.29, 1.82) is 0 Å². The van der Waals surface area contributed by atoms with Crippen LogP contribution in [0.3, 0.4) is 0 Å². The van der Waals surface area contributed by atoms with Crippen molar-refractivity contribution in [2.45, 2.75) is 77.9 Å². The van der Waals surface area contributed by atoms with Gasteiger partial charge >= 0.3 is 6.16 Å². The molecular formula is C14H26O3. The Hall–Kier alpha value is -0.730. The van der Waals surface area contributed by atoms with E-state index in [1.165, 1.54) is 6.42 Å². The molecule has 0 N–H and O–H groups in total. The van der Waals surface area contributed by atoms with E-state index in [1.54, 1.807) is 0 Å². The molecule has 1 rings (SSSR count). The Morgan fingerprint density at radius 2 is 1.82 bits per heavy atom. The fraction of sp³-hybridized carbons (Fsp3) is 0.929. The van der Waals surface area contributed by atoms with Gasteiger partial charge in [-0.25, -0.2) is 4.79 Å². The van der Waals surface area contributed by atoms with E-state index in [4.69, 9.17) is 9.47 Å². The van der Waals surface area contributed by atoms with Crippen molar-refractivity contribution in [3.05, 3.63) is 0 Å². The van der Waals surface area contributed by atoms with E-state index in [2.05, 4.69) is 13.8 Å². The number of carbonyl (C=O) groups is 1. The highest BCUT2D eigenvalue weighted by Crippen LogP contribution is 2.31. The third-order valence-electron chi connectivity index (χ3n) is 3.63. The molecule has 0 spiro atoms. The molecule has 0 aromatic carbocycles. The first-order chi connectivity index (χ1) is 7.97. The van der Waals surface area contributed by atoms with E-state index < -0.39 is 6.16 Å². The normalized spacial score (nSPS) is 21.0. The van der Waals surface area contributed by atoms with E-state index in [1.807, 2.05) is 13.8 Å². The predicted molar refractivity (Wildman–Crippen MR) is 68.0 cm³/mol. The van der Waals surface area contributed by atoms with Crippen molar-refractivity contribution < 1.29 is 14.3 Å². The van der Waals surface area contributed by atoms with Crippen molar-refractivity contribution in [1.82, 2.24) is 0 Å². The van der Waals surface area contributed by atoms with E-state index in [0.717, 1.165) is 32.1 Å². The Labute approximate surface area is 105 Å². The monoisotopic (exact) mass is 242 g/mol. The fourth-order valence-electron chi connectivity index (χ4n) is 2.44. The van der Waals surface area contributed by atoms with Gasteiger partial charge in [0.05, 0.1) is 0 Å². The molecule has 100 valence electrons. The zero-order chi connectivity index (χ0) is 12.9. The third kappa shape index (κ3) is 4.57. The van der Waals surface area contributed by atoms with Crippen LogP contribution < -0.4 is 0 Å². The number of hydrogen-bond acceptors (Lipinski definition) is 3. The van der Waals surface area contributed by atoms with Gasteiger partial charge in [0.15, 0.2) is 0 Å². The maximum absolute atomic E-state index is 11.7. The molecule has 17 heavy (non-hydrogen) atoms. The summed E-state index contributed by atoms with van der Waals surface area (Å²) in [7, 11) is 0. The van der Waals surface area contributed by atoms with Crippen LogP contribution in [0.25, 0.3) is 0 Å². The zero-order valence-electron chi connectivity index (χ0n) is 11.6. The number of carbonyl (C=O) groups excluding carboxylic acids is 1. The van der Waals surface area contributed by atoms with Gasteiger partial charge in [0.25, 0.3) is 0 Å². The molecule has 1 aliphatic rings. The van der Waals surface area contributed by atoms with Gasteiger partial charge in [-0.1, -0.05) is 27.2 Å². The maximum atomic E-state index is 11.7. The second kappa shape index (κ2) is 6.27. The molecule has 0 heterocycles. The van der Waals surface area contributed by atoms with Gasteiger partial charge in [-0.2, -0.15) is 0 Å². The number of hydrogen-bond donors (Lipinski definition) is 0.